The summed E-state index contributed by atoms with van der Waals surface area (Å²) in [5.41, 5.74) is 1.29. The van der Waals surface area contributed by atoms with Crippen molar-refractivity contribution in [3.8, 4) is 0 Å². The van der Waals surface area contributed by atoms with Crippen LogP contribution in [-0.2, 0) is 4.74 Å². The third-order valence-electron chi connectivity index (χ3n) is 2.77. The van der Waals surface area contributed by atoms with Crippen molar-refractivity contribution >= 4 is 17.5 Å². The van der Waals surface area contributed by atoms with Gasteiger partial charge in [0.1, 0.15) is 5.60 Å². The van der Waals surface area contributed by atoms with Gasteiger partial charge in [-0.2, -0.15) is 0 Å². The van der Waals surface area contributed by atoms with E-state index in [9.17, 15) is 4.79 Å². The predicted molar refractivity (Wildman–Crippen MR) is 88.8 cm³/mol. The number of hydrogen-bond donors (Lipinski definition) is 2. The molecule has 0 fully saturated rings. The van der Waals surface area contributed by atoms with E-state index in [1.807, 2.05) is 45.0 Å². The maximum atomic E-state index is 11.7. The van der Waals surface area contributed by atoms with Crippen LogP contribution in [0.5, 0.6) is 0 Å². The molecule has 4 nitrogen and oxygen atoms in total. The molecule has 0 aliphatic rings. The Morgan fingerprint density at radius 3 is 2.10 bits per heavy atom. The van der Waals surface area contributed by atoms with Gasteiger partial charge in [-0.25, -0.2) is 4.79 Å². The Morgan fingerprint density at radius 1 is 1.10 bits per heavy atom. The lowest BCUT2D eigenvalue weighted by Gasteiger charge is -2.20. The number of anilines is 2. The van der Waals surface area contributed by atoms with Gasteiger partial charge in [0.25, 0.3) is 0 Å². The molecule has 0 aromatic heterocycles. The Balaban J connectivity index is 2.52. The van der Waals surface area contributed by atoms with E-state index in [4.69, 9.17) is 4.74 Å². The minimum Gasteiger partial charge on any atom is -0.444 e. The second-order valence-corrected chi connectivity index (χ2v) is 6.88. The fourth-order valence-corrected chi connectivity index (χ4v) is 2.12. The number of amides is 1. The molecule has 2 N–H and O–H groups in total. The summed E-state index contributed by atoms with van der Waals surface area (Å²) >= 11 is 0. The molecule has 0 heterocycles. The largest absolute Gasteiger partial charge is 0.444 e. The minimum atomic E-state index is -0.488. The van der Waals surface area contributed by atoms with Crippen LogP contribution in [0.25, 0.3) is 0 Å². The van der Waals surface area contributed by atoms with Crippen molar-refractivity contribution < 1.29 is 9.53 Å². The van der Waals surface area contributed by atoms with Crippen LogP contribution in [0.2, 0.25) is 0 Å². The summed E-state index contributed by atoms with van der Waals surface area (Å²) in [5.74, 6) is 0.667. The third-order valence-corrected chi connectivity index (χ3v) is 2.77. The van der Waals surface area contributed by atoms with Crippen LogP contribution in [0.4, 0.5) is 16.2 Å². The molecular weight excluding hydrogens is 264 g/mol. The van der Waals surface area contributed by atoms with Gasteiger partial charge in [0.15, 0.2) is 0 Å². The van der Waals surface area contributed by atoms with Gasteiger partial charge in [0.05, 0.1) is 0 Å². The summed E-state index contributed by atoms with van der Waals surface area (Å²) < 4.78 is 5.21. The van der Waals surface area contributed by atoms with E-state index in [1.165, 1.54) is 0 Å². The van der Waals surface area contributed by atoms with E-state index >= 15 is 0 Å². The molecular formula is C17H28N2O2. The van der Waals surface area contributed by atoms with E-state index in [0.29, 0.717) is 12.0 Å². The maximum absolute atomic E-state index is 11.7. The highest BCUT2D eigenvalue weighted by Gasteiger charge is 2.16. The second-order valence-electron chi connectivity index (χ2n) is 6.88. The van der Waals surface area contributed by atoms with Crippen LogP contribution in [0.15, 0.2) is 24.3 Å². The fourth-order valence-electron chi connectivity index (χ4n) is 2.12. The molecule has 0 spiro atoms. The number of nitrogens with one attached hydrogen (secondary N) is 2. The monoisotopic (exact) mass is 292 g/mol. The predicted octanol–water partition coefficient (Wildman–Crippen LogP) is 4.88. The summed E-state index contributed by atoms with van der Waals surface area (Å²) in [4.78, 5) is 11.7. The highest BCUT2D eigenvalue weighted by Crippen LogP contribution is 2.17. The molecule has 1 amide bonds. The molecule has 1 aromatic rings. The Hall–Kier alpha value is -1.71. The van der Waals surface area contributed by atoms with Crippen LogP contribution in [0.3, 0.4) is 0 Å². The summed E-state index contributed by atoms with van der Waals surface area (Å²) in [5, 5.41) is 6.17. The van der Waals surface area contributed by atoms with Crippen molar-refractivity contribution in [2.75, 3.05) is 10.6 Å². The molecule has 21 heavy (non-hydrogen) atoms. The average Bonchev–Trinajstić information content (AvgIpc) is 2.27. The van der Waals surface area contributed by atoms with Crippen molar-refractivity contribution in [3.05, 3.63) is 24.3 Å². The topological polar surface area (TPSA) is 50.4 Å². The van der Waals surface area contributed by atoms with E-state index < -0.39 is 11.7 Å². The standard InChI is InChI=1S/C17H28N2O2/c1-12(2)11-13(3)18-14-7-9-15(10-8-14)19-16(20)21-17(4,5)6/h7-10,12-13,18H,11H2,1-6H3,(H,19,20). The van der Waals surface area contributed by atoms with E-state index in [-0.39, 0.29) is 0 Å². The molecule has 0 saturated heterocycles. The van der Waals surface area contributed by atoms with Gasteiger partial charge in [-0.15, -0.1) is 0 Å². The van der Waals surface area contributed by atoms with Gasteiger partial charge < -0.3 is 10.1 Å². The van der Waals surface area contributed by atoms with Crippen LogP contribution in [0.1, 0.15) is 48.0 Å². The summed E-state index contributed by atoms with van der Waals surface area (Å²) in [6.07, 6.45) is 0.689. The van der Waals surface area contributed by atoms with E-state index in [1.54, 1.807) is 0 Å². The zero-order chi connectivity index (χ0) is 16.0. The zero-order valence-electron chi connectivity index (χ0n) is 14.0. The van der Waals surface area contributed by atoms with Gasteiger partial charge in [0.2, 0.25) is 0 Å². The highest BCUT2D eigenvalue weighted by atomic mass is 16.6. The average molecular weight is 292 g/mol. The van der Waals surface area contributed by atoms with E-state index in [0.717, 1.165) is 17.8 Å². The minimum absolute atomic E-state index is 0.426. The van der Waals surface area contributed by atoms with E-state index in [2.05, 4.69) is 31.4 Å². The van der Waals surface area contributed by atoms with Gasteiger partial charge >= 0.3 is 6.09 Å². The number of benzene rings is 1. The first-order valence-corrected chi connectivity index (χ1v) is 7.52. The molecule has 118 valence electrons. The quantitative estimate of drug-likeness (QED) is 0.813. The van der Waals surface area contributed by atoms with Gasteiger partial charge in [-0.3, -0.25) is 5.32 Å². The number of carbonyl (C=O) groups excluding carboxylic acids is 1. The van der Waals surface area contributed by atoms with Crippen LogP contribution >= 0.6 is 0 Å². The lowest BCUT2D eigenvalue weighted by atomic mass is 10.1. The first-order chi connectivity index (χ1) is 9.65. The Bertz CT molecular complexity index is 447. The third kappa shape index (κ3) is 7.59. The normalized spacial score (nSPS) is 12.9. The van der Waals surface area contributed by atoms with Crippen molar-refractivity contribution in [2.45, 2.75) is 59.6 Å². The van der Waals surface area contributed by atoms with Crippen molar-refractivity contribution in [1.82, 2.24) is 0 Å². The van der Waals surface area contributed by atoms with Crippen LogP contribution < -0.4 is 10.6 Å². The number of rotatable bonds is 5. The number of ether oxygens (including phenoxy) is 1. The Kier molecular flexibility index (Phi) is 6.06. The Morgan fingerprint density at radius 2 is 1.62 bits per heavy atom. The smallest absolute Gasteiger partial charge is 0.412 e. The van der Waals surface area contributed by atoms with Crippen LogP contribution in [-0.4, -0.2) is 17.7 Å². The molecule has 1 aromatic carbocycles. The molecule has 1 rings (SSSR count). The van der Waals surface area contributed by atoms with Crippen molar-refractivity contribution in [3.63, 3.8) is 0 Å². The molecule has 0 aliphatic heterocycles. The molecule has 1 atom stereocenters. The number of carbonyl (C=O) groups is 1. The molecule has 0 aliphatic carbocycles. The molecule has 4 heteroatoms. The summed E-state index contributed by atoms with van der Waals surface area (Å²) in [7, 11) is 0. The molecule has 0 saturated carbocycles. The maximum Gasteiger partial charge on any atom is 0.412 e. The molecule has 0 bridgehead atoms. The second kappa shape index (κ2) is 7.34. The molecule has 0 radical (unpaired) electrons. The van der Waals surface area contributed by atoms with Gasteiger partial charge in [-0.1, -0.05) is 13.8 Å². The summed E-state index contributed by atoms with van der Waals surface area (Å²) in [6, 6.07) is 8.09. The zero-order valence-corrected chi connectivity index (χ0v) is 14.0. The lowest BCUT2D eigenvalue weighted by Crippen LogP contribution is -2.27. The fraction of sp³-hybridized carbons (Fsp3) is 0.588. The number of hydrogen-bond acceptors (Lipinski definition) is 3. The first-order valence-electron chi connectivity index (χ1n) is 7.52. The molecule has 1 unspecified atom stereocenters. The first kappa shape index (κ1) is 17.3. The highest BCUT2D eigenvalue weighted by molar-refractivity contribution is 5.85. The van der Waals surface area contributed by atoms with Gasteiger partial charge in [0, 0.05) is 17.4 Å². The van der Waals surface area contributed by atoms with Crippen LogP contribution in [0, 0.1) is 5.92 Å². The summed E-state index contributed by atoms with van der Waals surface area (Å²) in [6.45, 7) is 12.1. The SMILES string of the molecule is CC(C)CC(C)Nc1ccc(NC(=O)OC(C)(C)C)cc1. The Labute approximate surface area is 128 Å². The lowest BCUT2D eigenvalue weighted by molar-refractivity contribution is 0.0636. The van der Waals surface area contributed by atoms with Gasteiger partial charge in [-0.05, 0) is 64.3 Å². The van der Waals surface area contributed by atoms with Crippen molar-refractivity contribution in [2.24, 2.45) is 5.92 Å². The van der Waals surface area contributed by atoms with Crippen molar-refractivity contribution in [1.29, 1.82) is 0 Å².